The molecular formula is C13H19NO2S. The molecule has 0 fully saturated rings. The molecule has 1 aromatic rings. The standard InChI is InChI=1S/C13H19NO2S/c1-10(7-14)8-17(15)9-12-6-11-4-2-3-5-13(11)16-12/h2-5,10,12H,6-9,14H2,1H3. The minimum atomic E-state index is -0.833. The average molecular weight is 253 g/mol. The lowest BCUT2D eigenvalue weighted by atomic mass is 10.1. The largest absolute Gasteiger partial charge is 0.489 e. The third-order valence-electron chi connectivity index (χ3n) is 2.96. The van der Waals surface area contributed by atoms with Crippen LogP contribution in [0.1, 0.15) is 12.5 Å². The Morgan fingerprint density at radius 1 is 1.53 bits per heavy atom. The summed E-state index contributed by atoms with van der Waals surface area (Å²) in [6.45, 7) is 2.62. The molecule has 0 aromatic heterocycles. The highest BCUT2D eigenvalue weighted by molar-refractivity contribution is 7.85. The molecule has 0 bridgehead atoms. The number of benzene rings is 1. The van der Waals surface area contributed by atoms with E-state index in [1.54, 1.807) is 0 Å². The first-order chi connectivity index (χ1) is 8.19. The monoisotopic (exact) mass is 253 g/mol. The maximum absolute atomic E-state index is 11.9. The molecule has 94 valence electrons. The summed E-state index contributed by atoms with van der Waals surface area (Å²) < 4.78 is 17.7. The van der Waals surface area contributed by atoms with Crippen molar-refractivity contribution in [1.82, 2.24) is 0 Å². The van der Waals surface area contributed by atoms with Crippen LogP contribution in [0.15, 0.2) is 24.3 Å². The fourth-order valence-electron chi connectivity index (χ4n) is 2.01. The molecule has 1 heterocycles. The molecule has 3 atom stereocenters. The molecule has 0 spiro atoms. The molecule has 2 rings (SSSR count). The van der Waals surface area contributed by atoms with Gasteiger partial charge in [0.25, 0.3) is 0 Å². The van der Waals surface area contributed by atoms with Crippen molar-refractivity contribution in [1.29, 1.82) is 0 Å². The van der Waals surface area contributed by atoms with Crippen molar-refractivity contribution in [2.75, 3.05) is 18.1 Å². The van der Waals surface area contributed by atoms with Gasteiger partial charge in [0.15, 0.2) is 0 Å². The first-order valence-corrected chi connectivity index (χ1v) is 7.47. The Hall–Kier alpha value is -0.870. The first-order valence-electron chi connectivity index (χ1n) is 5.98. The Bertz CT molecular complexity index is 383. The number of fused-ring (bicyclic) bond motifs is 1. The zero-order valence-electron chi connectivity index (χ0n) is 10.1. The van der Waals surface area contributed by atoms with Gasteiger partial charge in [-0.3, -0.25) is 4.21 Å². The lowest BCUT2D eigenvalue weighted by Gasteiger charge is -2.12. The van der Waals surface area contributed by atoms with Crippen LogP contribution in [-0.4, -0.2) is 28.4 Å². The third-order valence-corrected chi connectivity index (χ3v) is 4.64. The zero-order valence-corrected chi connectivity index (χ0v) is 10.9. The van der Waals surface area contributed by atoms with Crippen LogP contribution in [0, 0.1) is 5.92 Å². The molecule has 1 aliphatic rings. The second kappa shape index (κ2) is 5.65. The van der Waals surface area contributed by atoms with E-state index in [1.807, 2.05) is 25.1 Å². The summed E-state index contributed by atoms with van der Waals surface area (Å²) >= 11 is 0. The highest BCUT2D eigenvalue weighted by Crippen LogP contribution is 2.28. The van der Waals surface area contributed by atoms with Crippen molar-refractivity contribution in [2.45, 2.75) is 19.4 Å². The normalized spacial score (nSPS) is 21.6. The summed E-state index contributed by atoms with van der Waals surface area (Å²) in [5.74, 6) is 2.55. The predicted octanol–water partition coefficient (Wildman–Crippen LogP) is 1.33. The predicted molar refractivity (Wildman–Crippen MR) is 70.7 cm³/mol. The van der Waals surface area contributed by atoms with E-state index < -0.39 is 10.8 Å². The number of nitrogens with two attached hydrogens (primary N) is 1. The molecule has 0 radical (unpaired) electrons. The topological polar surface area (TPSA) is 52.3 Å². The molecule has 0 saturated carbocycles. The van der Waals surface area contributed by atoms with Crippen LogP contribution >= 0.6 is 0 Å². The van der Waals surface area contributed by atoms with Crippen LogP contribution < -0.4 is 10.5 Å². The van der Waals surface area contributed by atoms with E-state index in [2.05, 4.69) is 6.07 Å². The highest BCUT2D eigenvalue weighted by atomic mass is 32.2. The summed E-state index contributed by atoms with van der Waals surface area (Å²) in [5.41, 5.74) is 6.76. The van der Waals surface area contributed by atoms with Gasteiger partial charge in [-0.05, 0) is 24.1 Å². The summed E-state index contributed by atoms with van der Waals surface area (Å²) in [6, 6.07) is 8.02. The second-order valence-electron chi connectivity index (χ2n) is 4.67. The van der Waals surface area contributed by atoms with Gasteiger partial charge < -0.3 is 10.5 Å². The maximum Gasteiger partial charge on any atom is 0.123 e. The molecule has 17 heavy (non-hydrogen) atoms. The molecule has 3 nitrogen and oxygen atoms in total. The second-order valence-corrected chi connectivity index (χ2v) is 6.21. The van der Waals surface area contributed by atoms with Crippen molar-refractivity contribution in [3.63, 3.8) is 0 Å². The molecular weight excluding hydrogens is 234 g/mol. The third kappa shape index (κ3) is 3.30. The average Bonchev–Trinajstić information content (AvgIpc) is 2.70. The van der Waals surface area contributed by atoms with E-state index in [4.69, 9.17) is 10.5 Å². The fourth-order valence-corrected chi connectivity index (χ4v) is 3.52. The molecule has 1 aliphatic heterocycles. The van der Waals surface area contributed by atoms with E-state index in [-0.39, 0.29) is 6.10 Å². The Labute approximate surface area is 105 Å². The summed E-state index contributed by atoms with van der Waals surface area (Å²) in [7, 11) is -0.833. The quantitative estimate of drug-likeness (QED) is 0.861. The van der Waals surface area contributed by atoms with Crippen LogP contribution in [0.25, 0.3) is 0 Å². The van der Waals surface area contributed by atoms with Gasteiger partial charge in [-0.1, -0.05) is 25.1 Å². The minimum absolute atomic E-state index is 0.0678. The van der Waals surface area contributed by atoms with E-state index in [9.17, 15) is 4.21 Å². The number of hydrogen-bond acceptors (Lipinski definition) is 3. The van der Waals surface area contributed by atoms with Gasteiger partial charge in [0.2, 0.25) is 0 Å². The van der Waals surface area contributed by atoms with Gasteiger partial charge in [-0.2, -0.15) is 0 Å². The lowest BCUT2D eigenvalue weighted by molar-refractivity contribution is 0.258. The Morgan fingerprint density at radius 2 is 2.29 bits per heavy atom. The minimum Gasteiger partial charge on any atom is -0.489 e. The van der Waals surface area contributed by atoms with E-state index in [1.165, 1.54) is 5.56 Å². The molecule has 1 aromatic carbocycles. The Morgan fingerprint density at radius 3 is 3.00 bits per heavy atom. The van der Waals surface area contributed by atoms with E-state index in [0.29, 0.717) is 24.0 Å². The summed E-state index contributed by atoms with van der Waals surface area (Å²) in [5, 5.41) is 0. The maximum atomic E-state index is 11.9. The molecule has 3 unspecified atom stereocenters. The van der Waals surface area contributed by atoms with Crippen molar-refractivity contribution < 1.29 is 8.95 Å². The molecule has 0 aliphatic carbocycles. The van der Waals surface area contributed by atoms with Gasteiger partial charge >= 0.3 is 0 Å². The van der Waals surface area contributed by atoms with Crippen LogP contribution in [0.5, 0.6) is 5.75 Å². The van der Waals surface area contributed by atoms with Gasteiger partial charge in [0.1, 0.15) is 11.9 Å². The van der Waals surface area contributed by atoms with Crippen molar-refractivity contribution in [2.24, 2.45) is 11.7 Å². The molecule has 0 saturated heterocycles. The number of rotatable bonds is 5. The van der Waals surface area contributed by atoms with Crippen molar-refractivity contribution in [3.8, 4) is 5.75 Å². The lowest BCUT2D eigenvalue weighted by Crippen LogP contribution is -2.26. The van der Waals surface area contributed by atoms with Crippen LogP contribution in [0.4, 0.5) is 0 Å². The highest BCUT2D eigenvalue weighted by Gasteiger charge is 2.24. The van der Waals surface area contributed by atoms with E-state index >= 15 is 0 Å². The van der Waals surface area contributed by atoms with Crippen molar-refractivity contribution >= 4 is 10.8 Å². The summed E-state index contributed by atoms with van der Waals surface area (Å²) in [4.78, 5) is 0. The fraction of sp³-hybridized carbons (Fsp3) is 0.538. The number of para-hydroxylation sites is 1. The first kappa shape index (κ1) is 12.6. The summed E-state index contributed by atoms with van der Waals surface area (Å²) in [6.07, 6.45) is 0.942. The van der Waals surface area contributed by atoms with Crippen molar-refractivity contribution in [3.05, 3.63) is 29.8 Å². The van der Waals surface area contributed by atoms with Crippen LogP contribution in [0.2, 0.25) is 0 Å². The Kier molecular flexibility index (Phi) is 4.18. The van der Waals surface area contributed by atoms with E-state index in [0.717, 1.165) is 12.2 Å². The molecule has 2 N–H and O–H groups in total. The number of ether oxygens (including phenoxy) is 1. The van der Waals surface area contributed by atoms with Gasteiger partial charge in [0, 0.05) is 23.0 Å². The van der Waals surface area contributed by atoms with Gasteiger partial charge in [-0.15, -0.1) is 0 Å². The van der Waals surface area contributed by atoms with Gasteiger partial charge in [0.05, 0.1) is 5.75 Å². The molecule has 0 amide bonds. The van der Waals surface area contributed by atoms with Gasteiger partial charge in [-0.25, -0.2) is 0 Å². The molecule has 4 heteroatoms. The smallest absolute Gasteiger partial charge is 0.123 e. The SMILES string of the molecule is CC(CN)CS(=O)CC1Cc2ccccc2O1. The Balaban J connectivity index is 1.85. The van der Waals surface area contributed by atoms with Crippen LogP contribution in [-0.2, 0) is 17.2 Å². The van der Waals surface area contributed by atoms with Crippen LogP contribution in [0.3, 0.4) is 0 Å². The zero-order chi connectivity index (χ0) is 12.3. The number of hydrogen-bond donors (Lipinski definition) is 1.